The van der Waals surface area contributed by atoms with Crippen LogP contribution < -0.4 is 5.73 Å². The molecule has 1 amide bonds. The maximum Gasteiger partial charge on any atom is 0.251 e. The minimum Gasteiger partial charge on any atom is -0.339 e. The van der Waals surface area contributed by atoms with Crippen LogP contribution in [0.25, 0.3) is 0 Å². The van der Waals surface area contributed by atoms with Crippen molar-refractivity contribution in [2.24, 2.45) is 5.73 Å². The Kier molecular flexibility index (Phi) is 6.45. The van der Waals surface area contributed by atoms with E-state index in [9.17, 15) is 13.6 Å². The Balaban J connectivity index is 2.40. The van der Waals surface area contributed by atoms with Gasteiger partial charge >= 0.3 is 0 Å². The average Bonchev–Trinajstić information content (AvgIpc) is 2.29. The van der Waals surface area contributed by atoms with Crippen LogP contribution in [0.1, 0.15) is 0 Å². The number of carbonyl (C=O) groups is 1. The van der Waals surface area contributed by atoms with Crippen molar-refractivity contribution in [3.05, 3.63) is 0 Å². The molecule has 5 nitrogen and oxygen atoms in total. The molecular weight excluding hydrogens is 242 g/mol. The molecule has 106 valence electrons. The zero-order valence-corrected chi connectivity index (χ0v) is 10.8. The molecule has 0 aromatic heterocycles. The predicted octanol–water partition coefficient (Wildman–Crippen LogP) is -0.714. The molecule has 1 heterocycles. The second-order valence-corrected chi connectivity index (χ2v) is 4.60. The molecule has 2 N–H and O–H groups in total. The van der Waals surface area contributed by atoms with Gasteiger partial charge in [0.2, 0.25) is 5.91 Å². The van der Waals surface area contributed by atoms with Gasteiger partial charge in [-0.1, -0.05) is 0 Å². The van der Waals surface area contributed by atoms with Gasteiger partial charge in [0.1, 0.15) is 0 Å². The molecule has 0 saturated carbocycles. The summed E-state index contributed by atoms with van der Waals surface area (Å²) in [5.74, 6) is -0.0859. The van der Waals surface area contributed by atoms with Crippen molar-refractivity contribution < 1.29 is 13.6 Å². The Morgan fingerprint density at radius 2 is 1.94 bits per heavy atom. The van der Waals surface area contributed by atoms with Gasteiger partial charge in [-0.05, 0) is 7.05 Å². The Hall–Kier alpha value is -0.790. The Morgan fingerprint density at radius 1 is 1.33 bits per heavy atom. The molecule has 0 radical (unpaired) electrons. The number of nitrogens with two attached hydrogens (primary N) is 1. The molecule has 7 heteroatoms. The van der Waals surface area contributed by atoms with E-state index in [1.165, 1.54) is 4.90 Å². The molecule has 1 aliphatic rings. The molecule has 1 saturated heterocycles. The Bertz CT molecular complexity index is 257. The molecule has 0 aliphatic carbocycles. The van der Waals surface area contributed by atoms with Gasteiger partial charge in [-0.2, -0.15) is 0 Å². The average molecular weight is 264 g/mol. The predicted molar refractivity (Wildman–Crippen MR) is 65.6 cm³/mol. The first-order chi connectivity index (χ1) is 8.52. The fourth-order valence-corrected chi connectivity index (χ4v) is 1.96. The van der Waals surface area contributed by atoms with E-state index in [-0.39, 0.29) is 19.0 Å². The molecule has 0 aromatic rings. The highest BCUT2D eigenvalue weighted by molar-refractivity contribution is 5.78. The summed E-state index contributed by atoms with van der Waals surface area (Å²) in [6, 6.07) is 0. The number of amides is 1. The standard InChI is InChI=1S/C11H22F2N4O/c1-15-4-6-17(7-5-15)11(18)9-16(3-2-14)8-10(12)13/h10H,2-9,14H2,1H3. The monoisotopic (exact) mass is 264 g/mol. The summed E-state index contributed by atoms with van der Waals surface area (Å²) in [7, 11) is 2.00. The first kappa shape index (κ1) is 15.3. The van der Waals surface area contributed by atoms with E-state index in [4.69, 9.17) is 5.73 Å². The van der Waals surface area contributed by atoms with Crippen molar-refractivity contribution in [2.45, 2.75) is 6.43 Å². The highest BCUT2D eigenvalue weighted by Gasteiger charge is 2.22. The number of nitrogens with zero attached hydrogens (tertiary/aromatic N) is 3. The van der Waals surface area contributed by atoms with Gasteiger partial charge in [-0.25, -0.2) is 8.78 Å². The van der Waals surface area contributed by atoms with Crippen LogP contribution in [0, 0.1) is 0 Å². The second-order valence-electron chi connectivity index (χ2n) is 4.60. The molecule has 0 bridgehead atoms. The lowest BCUT2D eigenvalue weighted by atomic mass is 10.3. The summed E-state index contributed by atoms with van der Waals surface area (Å²) in [4.78, 5) is 17.2. The van der Waals surface area contributed by atoms with Gasteiger partial charge in [0, 0.05) is 39.3 Å². The number of piperazine rings is 1. The van der Waals surface area contributed by atoms with Crippen LogP contribution in [0.2, 0.25) is 0 Å². The van der Waals surface area contributed by atoms with Crippen molar-refractivity contribution in [3.63, 3.8) is 0 Å². The van der Waals surface area contributed by atoms with E-state index in [2.05, 4.69) is 4.90 Å². The number of rotatable bonds is 6. The lowest BCUT2D eigenvalue weighted by molar-refractivity contribution is -0.134. The highest BCUT2D eigenvalue weighted by atomic mass is 19.3. The second kappa shape index (κ2) is 7.60. The maximum absolute atomic E-state index is 12.3. The van der Waals surface area contributed by atoms with Crippen molar-refractivity contribution in [3.8, 4) is 0 Å². The quantitative estimate of drug-likeness (QED) is 0.688. The molecular formula is C11H22F2N4O. The van der Waals surface area contributed by atoms with Crippen LogP contribution in [-0.4, -0.2) is 86.4 Å². The number of halogens is 2. The van der Waals surface area contributed by atoms with Gasteiger partial charge in [0.25, 0.3) is 6.43 Å². The SMILES string of the molecule is CN1CCN(C(=O)CN(CCN)CC(F)F)CC1. The largest absolute Gasteiger partial charge is 0.339 e. The van der Waals surface area contributed by atoms with E-state index >= 15 is 0 Å². The normalized spacial score (nSPS) is 17.8. The van der Waals surface area contributed by atoms with Crippen LogP contribution in [0.4, 0.5) is 8.78 Å². The third-order valence-electron chi connectivity index (χ3n) is 3.06. The smallest absolute Gasteiger partial charge is 0.251 e. The van der Waals surface area contributed by atoms with Crippen LogP contribution in [0.5, 0.6) is 0 Å². The molecule has 1 rings (SSSR count). The van der Waals surface area contributed by atoms with Crippen molar-refractivity contribution in [2.75, 3.05) is 59.4 Å². The lowest BCUT2D eigenvalue weighted by Crippen LogP contribution is -2.50. The number of likely N-dealkylation sites (N-methyl/N-ethyl adjacent to an activating group) is 1. The molecule has 0 spiro atoms. The molecule has 0 atom stereocenters. The number of hydrogen-bond acceptors (Lipinski definition) is 4. The topological polar surface area (TPSA) is 52.8 Å². The van der Waals surface area contributed by atoms with Gasteiger partial charge in [-0.3, -0.25) is 9.69 Å². The Labute approximate surface area is 106 Å². The molecule has 1 fully saturated rings. The zero-order valence-electron chi connectivity index (χ0n) is 10.8. The lowest BCUT2D eigenvalue weighted by Gasteiger charge is -2.33. The van der Waals surface area contributed by atoms with Crippen molar-refractivity contribution in [1.29, 1.82) is 0 Å². The number of hydrogen-bond donors (Lipinski definition) is 1. The third kappa shape index (κ3) is 5.24. The summed E-state index contributed by atoms with van der Waals surface area (Å²) in [5.41, 5.74) is 5.36. The maximum atomic E-state index is 12.3. The van der Waals surface area contributed by atoms with E-state index in [0.717, 1.165) is 13.1 Å². The fourth-order valence-electron chi connectivity index (χ4n) is 1.96. The minimum atomic E-state index is -2.43. The molecule has 0 unspecified atom stereocenters. The molecule has 18 heavy (non-hydrogen) atoms. The fraction of sp³-hybridized carbons (Fsp3) is 0.909. The highest BCUT2D eigenvalue weighted by Crippen LogP contribution is 2.03. The summed E-state index contributed by atoms with van der Waals surface area (Å²) < 4.78 is 24.7. The van der Waals surface area contributed by atoms with E-state index in [0.29, 0.717) is 19.6 Å². The van der Waals surface area contributed by atoms with Gasteiger partial charge in [0.15, 0.2) is 0 Å². The van der Waals surface area contributed by atoms with Crippen molar-refractivity contribution >= 4 is 5.91 Å². The summed E-state index contributed by atoms with van der Waals surface area (Å²) in [6.45, 7) is 3.24. The molecule has 0 aromatic carbocycles. The minimum absolute atomic E-state index is 0.0330. The summed E-state index contributed by atoms with van der Waals surface area (Å²) in [6.07, 6.45) is -2.43. The number of carbonyl (C=O) groups excluding carboxylic acids is 1. The van der Waals surface area contributed by atoms with Crippen LogP contribution in [0.3, 0.4) is 0 Å². The number of alkyl halides is 2. The van der Waals surface area contributed by atoms with E-state index in [1.54, 1.807) is 4.90 Å². The summed E-state index contributed by atoms with van der Waals surface area (Å²) in [5, 5.41) is 0. The summed E-state index contributed by atoms with van der Waals surface area (Å²) >= 11 is 0. The van der Waals surface area contributed by atoms with Crippen LogP contribution >= 0.6 is 0 Å². The zero-order chi connectivity index (χ0) is 13.5. The van der Waals surface area contributed by atoms with Crippen molar-refractivity contribution in [1.82, 2.24) is 14.7 Å². The van der Waals surface area contributed by atoms with Gasteiger partial charge < -0.3 is 15.5 Å². The van der Waals surface area contributed by atoms with Crippen LogP contribution in [-0.2, 0) is 4.79 Å². The van der Waals surface area contributed by atoms with Crippen LogP contribution in [0.15, 0.2) is 0 Å². The van der Waals surface area contributed by atoms with Gasteiger partial charge in [0.05, 0.1) is 13.1 Å². The third-order valence-corrected chi connectivity index (χ3v) is 3.06. The molecule has 1 aliphatic heterocycles. The van der Waals surface area contributed by atoms with Gasteiger partial charge in [-0.15, -0.1) is 0 Å². The first-order valence-corrected chi connectivity index (χ1v) is 6.20. The van der Waals surface area contributed by atoms with E-state index < -0.39 is 13.0 Å². The Morgan fingerprint density at radius 3 is 2.44 bits per heavy atom. The first-order valence-electron chi connectivity index (χ1n) is 6.20. The van der Waals surface area contributed by atoms with E-state index in [1.807, 2.05) is 7.05 Å².